The van der Waals surface area contributed by atoms with E-state index in [-0.39, 0.29) is 79.3 Å². The van der Waals surface area contributed by atoms with E-state index in [1.54, 1.807) is 24.5 Å². The van der Waals surface area contributed by atoms with Crippen molar-refractivity contribution >= 4 is 24.4 Å². The first-order chi connectivity index (χ1) is 24.0. The van der Waals surface area contributed by atoms with Gasteiger partial charge >= 0.3 is 24.4 Å². The molecule has 0 aliphatic heterocycles. The summed E-state index contributed by atoms with van der Waals surface area (Å²) in [7, 11) is 0. The molecule has 4 aromatic rings. The van der Waals surface area contributed by atoms with Crippen LogP contribution in [-0.2, 0) is 37.9 Å². The minimum atomic E-state index is -0.957. The molecule has 0 saturated heterocycles. The number of carbonyl (C=O) groups excluding carboxylic acids is 4. The molecule has 19 nitrogen and oxygen atoms in total. The highest BCUT2D eigenvalue weighted by atomic mass is 16.6. The maximum Gasteiger partial charge on any atom is 0.419 e. The minimum absolute atomic E-state index is 0.0163. The highest BCUT2D eigenvalue weighted by Crippen LogP contribution is 2.21. The largest absolute Gasteiger partial charge is 0.446 e. The van der Waals surface area contributed by atoms with Crippen molar-refractivity contribution in [3.63, 3.8) is 0 Å². The van der Waals surface area contributed by atoms with Crippen LogP contribution in [0.25, 0.3) is 0 Å². The minimum Gasteiger partial charge on any atom is -0.446 e. The number of ether oxygens (including phenoxy) is 8. The number of hydrogen-bond donors (Lipinski definition) is 0. The van der Waals surface area contributed by atoms with Gasteiger partial charge in [0.1, 0.15) is 45.4 Å². The van der Waals surface area contributed by atoms with Crippen molar-refractivity contribution in [2.45, 2.75) is 0 Å². The van der Waals surface area contributed by atoms with Crippen LogP contribution < -0.4 is 0 Å². The van der Waals surface area contributed by atoms with Crippen LogP contribution >= 0.6 is 0 Å². The zero-order valence-corrected chi connectivity index (χ0v) is 26.5. The van der Waals surface area contributed by atoms with Crippen LogP contribution in [0.2, 0.25) is 0 Å². The van der Waals surface area contributed by atoms with Crippen LogP contribution in [0, 0.1) is 5.41 Å². The molecule has 0 aliphatic rings. The summed E-state index contributed by atoms with van der Waals surface area (Å²) in [4.78, 5) is 59.9. The molecule has 0 spiro atoms. The highest BCUT2D eigenvalue weighted by Gasteiger charge is 2.33. The molecule has 0 atom stereocenters. The normalized spacial score (nSPS) is 11.3. The van der Waals surface area contributed by atoms with Gasteiger partial charge in [-0.1, -0.05) is 0 Å². The van der Waals surface area contributed by atoms with E-state index in [2.05, 4.69) is 15.0 Å². The summed E-state index contributed by atoms with van der Waals surface area (Å²) in [5, 5.41) is 0. The van der Waals surface area contributed by atoms with E-state index in [0.717, 1.165) is 0 Å². The molecule has 0 amide bonds. The van der Waals surface area contributed by atoms with Gasteiger partial charge in [-0.3, -0.25) is 4.57 Å². The fraction of sp³-hybridized carbons (Fsp3) is 0.433. The van der Waals surface area contributed by atoms with E-state index in [1.807, 2.05) is 0 Å². The SMILES string of the molecule is O=C(OCCOCC(COCCOC(=O)n1ccnc1)(COCCOC(=O)n1ccnc1)COCCOC(=O)n1ccnc1)n1cccc1. The van der Waals surface area contributed by atoms with E-state index in [4.69, 9.17) is 37.9 Å². The molecule has 49 heavy (non-hydrogen) atoms. The fourth-order valence-electron chi connectivity index (χ4n) is 4.01. The number of imidazole rings is 3. The van der Waals surface area contributed by atoms with Crippen molar-refractivity contribution in [3.8, 4) is 0 Å². The van der Waals surface area contributed by atoms with Gasteiger partial charge in [0.25, 0.3) is 0 Å². The Morgan fingerprint density at radius 3 is 1.02 bits per heavy atom. The van der Waals surface area contributed by atoms with Gasteiger partial charge in [0.05, 0.1) is 58.3 Å². The zero-order chi connectivity index (χ0) is 34.6. The van der Waals surface area contributed by atoms with Crippen LogP contribution in [0.4, 0.5) is 19.2 Å². The number of carbonyl (C=O) groups is 4. The Bertz CT molecular complexity index is 1280. The Balaban J connectivity index is 1.31. The lowest BCUT2D eigenvalue weighted by Crippen LogP contribution is -2.43. The summed E-state index contributed by atoms with van der Waals surface area (Å²) in [5.41, 5.74) is -0.957. The van der Waals surface area contributed by atoms with E-state index in [0.29, 0.717) is 0 Å². The molecule has 0 saturated carbocycles. The Morgan fingerprint density at radius 2 is 0.735 bits per heavy atom. The van der Waals surface area contributed by atoms with Gasteiger partial charge in [-0.15, -0.1) is 0 Å². The quantitative estimate of drug-likeness (QED) is 0.0966. The van der Waals surface area contributed by atoms with Crippen molar-refractivity contribution in [2.24, 2.45) is 5.41 Å². The summed E-state index contributed by atoms with van der Waals surface area (Å²) >= 11 is 0. The Kier molecular flexibility index (Phi) is 15.0. The summed E-state index contributed by atoms with van der Waals surface area (Å²) < 4.78 is 49.2. The average Bonchev–Trinajstić information content (AvgIpc) is 3.95. The molecule has 0 unspecified atom stereocenters. The van der Waals surface area contributed by atoms with Gasteiger partial charge in [-0.25, -0.2) is 47.8 Å². The molecule has 19 heteroatoms. The second-order valence-corrected chi connectivity index (χ2v) is 10.2. The second-order valence-electron chi connectivity index (χ2n) is 10.2. The smallest absolute Gasteiger partial charge is 0.419 e. The lowest BCUT2D eigenvalue weighted by atomic mass is 9.92. The van der Waals surface area contributed by atoms with Crippen molar-refractivity contribution in [2.75, 3.05) is 79.3 Å². The average molecular weight is 688 g/mol. The first kappa shape index (κ1) is 36.5. The second kappa shape index (κ2) is 20.1. The molecule has 264 valence electrons. The van der Waals surface area contributed by atoms with E-state index >= 15 is 0 Å². The number of aromatic nitrogens is 7. The third kappa shape index (κ3) is 12.6. The summed E-state index contributed by atoms with van der Waals surface area (Å²) in [5.74, 6) is 0. The van der Waals surface area contributed by atoms with Crippen LogP contribution in [0.3, 0.4) is 0 Å². The molecule has 0 bridgehead atoms. The van der Waals surface area contributed by atoms with E-state index < -0.39 is 29.8 Å². The molecular formula is C30H37N7O12. The standard InChI is InChI=1S/C30H37N7O12/c38-26(34-6-1-2-7-34)46-15-11-42-19-30(20-43-12-16-47-27(39)35-8-3-31-23-35,21-44-13-17-48-28(40)36-9-4-32-24-36)22-45-14-18-49-29(41)37-10-5-33-25-37/h1-10,23-25H,11-22H2. The Hall–Kier alpha value is -5.37. The maximum atomic E-state index is 12.1. The molecule has 0 aromatic carbocycles. The van der Waals surface area contributed by atoms with Crippen LogP contribution in [0.1, 0.15) is 0 Å². The monoisotopic (exact) mass is 687 g/mol. The molecule has 4 aromatic heterocycles. The first-order valence-corrected chi connectivity index (χ1v) is 15.0. The lowest BCUT2D eigenvalue weighted by Gasteiger charge is -2.33. The molecular weight excluding hydrogens is 650 g/mol. The van der Waals surface area contributed by atoms with Crippen molar-refractivity contribution in [3.05, 3.63) is 80.7 Å². The van der Waals surface area contributed by atoms with Crippen molar-refractivity contribution in [1.29, 1.82) is 0 Å². The molecule has 4 rings (SSSR count). The molecule has 0 aliphatic carbocycles. The summed E-state index contributed by atoms with van der Waals surface area (Å²) in [6.07, 6.45) is 13.4. The third-order valence-corrected chi connectivity index (χ3v) is 6.41. The van der Waals surface area contributed by atoms with Crippen LogP contribution in [0.5, 0.6) is 0 Å². The zero-order valence-electron chi connectivity index (χ0n) is 26.5. The van der Waals surface area contributed by atoms with Crippen LogP contribution in [-0.4, -0.2) is 137 Å². The van der Waals surface area contributed by atoms with E-state index in [9.17, 15) is 19.2 Å². The van der Waals surface area contributed by atoms with Gasteiger partial charge in [0.2, 0.25) is 0 Å². The predicted octanol–water partition coefficient (Wildman–Crippen LogP) is 2.17. The molecule has 4 heterocycles. The van der Waals surface area contributed by atoms with E-state index in [1.165, 1.54) is 74.4 Å². The maximum absolute atomic E-state index is 12.1. The Labute approximate surface area is 280 Å². The number of rotatable bonds is 20. The lowest BCUT2D eigenvalue weighted by molar-refractivity contribution is -0.116. The van der Waals surface area contributed by atoms with Crippen LogP contribution in [0.15, 0.2) is 80.7 Å². The van der Waals surface area contributed by atoms with Gasteiger partial charge in [0, 0.05) is 49.6 Å². The molecule has 0 radical (unpaired) electrons. The third-order valence-electron chi connectivity index (χ3n) is 6.41. The number of hydrogen-bond acceptors (Lipinski definition) is 15. The summed E-state index contributed by atoms with van der Waals surface area (Å²) in [6.45, 7) is -0.000226. The van der Waals surface area contributed by atoms with Gasteiger partial charge in [-0.05, 0) is 12.1 Å². The molecule has 0 N–H and O–H groups in total. The first-order valence-electron chi connectivity index (χ1n) is 15.0. The Morgan fingerprint density at radius 1 is 0.429 bits per heavy atom. The van der Waals surface area contributed by atoms with Gasteiger partial charge in [0.15, 0.2) is 0 Å². The van der Waals surface area contributed by atoms with Crippen molar-refractivity contribution in [1.82, 2.24) is 33.2 Å². The predicted molar refractivity (Wildman–Crippen MR) is 164 cm³/mol. The fourth-order valence-corrected chi connectivity index (χ4v) is 4.01. The highest BCUT2D eigenvalue weighted by molar-refractivity contribution is 5.71. The summed E-state index contributed by atoms with van der Waals surface area (Å²) in [6, 6.07) is 3.39. The van der Waals surface area contributed by atoms with Gasteiger partial charge in [-0.2, -0.15) is 0 Å². The van der Waals surface area contributed by atoms with Crippen molar-refractivity contribution < 1.29 is 57.1 Å². The number of nitrogens with zero attached hydrogens (tertiary/aromatic N) is 7. The topological polar surface area (TPSA) is 201 Å². The van der Waals surface area contributed by atoms with Gasteiger partial charge < -0.3 is 37.9 Å². The molecule has 0 fully saturated rings.